The molecule has 1 aliphatic rings. The van der Waals surface area contributed by atoms with Crippen molar-refractivity contribution in [3.8, 4) is 0 Å². The standard InChI is InChI=1S/C11H11Cl2F/c1-11(5-8(11)6-12)7-2-3-10(14)9(13)4-7/h2-4,8H,5-6H2,1H3. The lowest BCUT2D eigenvalue weighted by Gasteiger charge is -2.11. The molecule has 2 atom stereocenters. The molecule has 0 nitrogen and oxygen atoms in total. The lowest BCUT2D eigenvalue weighted by atomic mass is 9.96. The molecule has 2 unspecified atom stereocenters. The van der Waals surface area contributed by atoms with Gasteiger partial charge in [0.05, 0.1) is 5.02 Å². The highest BCUT2D eigenvalue weighted by molar-refractivity contribution is 6.30. The van der Waals surface area contributed by atoms with Gasteiger partial charge in [-0.2, -0.15) is 0 Å². The van der Waals surface area contributed by atoms with Crippen LogP contribution in [-0.4, -0.2) is 5.88 Å². The van der Waals surface area contributed by atoms with Crippen molar-refractivity contribution >= 4 is 23.2 Å². The zero-order valence-corrected chi connectivity index (χ0v) is 9.37. The lowest BCUT2D eigenvalue weighted by molar-refractivity contribution is 0.624. The molecule has 0 bridgehead atoms. The SMILES string of the molecule is CC1(c2ccc(F)c(Cl)c2)CC1CCl. The Labute approximate surface area is 93.0 Å². The highest BCUT2D eigenvalue weighted by atomic mass is 35.5. The van der Waals surface area contributed by atoms with Gasteiger partial charge in [-0.15, -0.1) is 11.6 Å². The summed E-state index contributed by atoms with van der Waals surface area (Å²) in [4.78, 5) is 0. The van der Waals surface area contributed by atoms with E-state index in [1.165, 1.54) is 6.07 Å². The average Bonchev–Trinajstić information content (AvgIpc) is 2.83. The number of benzene rings is 1. The van der Waals surface area contributed by atoms with Gasteiger partial charge >= 0.3 is 0 Å². The fraction of sp³-hybridized carbons (Fsp3) is 0.455. The molecule has 0 radical (unpaired) electrons. The number of hydrogen-bond donors (Lipinski definition) is 0. The van der Waals surface area contributed by atoms with E-state index in [-0.39, 0.29) is 16.3 Å². The third kappa shape index (κ3) is 1.53. The summed E-state index contributed by atoms with van der Waals surface area (Å²) in [6.07, 6.45) is 1.07. The lowest BCUT2D eigenvalue weighted by Crippen LogP contribution is -2.05. The minimum absolute atomic E-state index is 0.110. The van der Waals surface area contributed by atoms with Crippen LogP contribution in [0.15, 0.2) is 18.2 Å². The largest absolute Gasteiger partial charge is 0.205 e. The molecule has 0 amide bonds. The summed E-state index contributed by atoms with van der Waals surface area (Å²) >= 11 is 11.5. The fourth-order valence-electron chi connectivity index (χ4n) is 1.88. The van der Waals surface area contributed by atoms with Gasteiger partial charge < -0.3 is 0 Å². The van der Waals surface area contributed by atoms with Crippen LogP contribution in [-0.2, 0) is 5.41 Å². The Morgan fingerprint density at radius 2 is 2.29 bits per heavy atom. The van der Waals surface area contributed by atoms with E-state index in [4.69, 9.17) is 23.2 Å². The minimum Gasteiger partial charge on any atom is -0.205 e. The van der Waals surface area contributed by atoms with Crippen molar-refractivity contribution in [1.82, 2.24) is 0 Å². The third-order valence-electron chi connectivity index (χ3n) is 3.18. The van der Waals surface area contributed by atoms with E-state index < -0.39 is 0 Å². The number of rotatable bonds is 2. The second kappa shape index (κ2) is 3.39. The maximum absolute atomic E-state index is 12.9. The van der Waals surface area contributed by atoms with E-state index in [1.807, 2.05) is 0 Å². The molecule has 1 aliphatic carbocycles. The van der Waals surface area contributed by atoms with Crippen molar-refractivity contribution in [2.75, 3.05) is 5.88 Å². The molecule has 0 heterocycles. The summed E-state index contributed by atoms with van der Waals surface area (Å²) < 4.78 is 12.9. The van der Waals surface area contributed by atoms with E-state index in [9.17, 15) is 4.39 Å². The van der Waals surface area contributed by atoms with Crippen molar-refractivity contribution < 1.29 is 4.39 Å². The smallest absolute Gasteiger partial charge is 0.141 e. The zero-order valence-electron chi connectivity index (χ0n) is 7.86. The van der Waals surface area contributed by atoms with Crippen LogP contribution < -0.4 is 0 Å². The Morgan fingerprint density at radius 3 is 2.79 bits per heavy atom. The first-order valence-electron chi connectivity index (χ1n) is 4.59. The van der Waals surface area contributed by atoms with Gasteiger partial charge in [0, 0.05) is 5.88 Å². The maximum Gasteiger partial charge on any atom is 0.141 e. The van der Waals surface area contributed by atoms with Crippen molar-refractivity contribution in [2.24, 2.45) is 5.92 Å². The normalized spacial score (nSPS) is 30.4. The molecule has 1 saturated carbocycles. The Hall–Kier alpha value is -0.270. The quantitative estimate of drug-likeness (QED) is 0.677. The second-order valence-electron chi connectivity index (χ2n) is 4.10. The molecule has 1 aromatic carbocycles. The first-order valence-corrected chi connectivity index (χ1v) is 5.50. The minimum atomic E-state index is -0.359. The summed E-state index contributed by atoms with van der Waals surface area (Å²) in [5.41, 5.74) is 1.20. The Morgan fingerprint density at radius 1 is 1.57 bits per heavy atom. The first-order chi connectivity index (χ1) is 6.58. The third-order valence-corrected chi connectivity index (χ3v) is 3.84. The molecule has 0 aromatic heterocycles. The van der Waals surface area contributed by atoms with Crippen LogP contribution >= 0.6 is 23.2 Å². The molecule has 0 aliphatic heterocycles. The van der Waals surface area contributed by atoms with Crippen LogP contribution in [0, 0.1) is 11.7 Å². The molecule has 0 N–H and O–H groups in total. The summed E-state index contributed by atoms with van der Waals surface area (Å²) in [6.45, 7) is 2.14. The Balaban J connectivity index is 2.31. The van der Waals surface area contributed by atoms with Gasteiger partial charge in [0.1, 0.15) is 5.82 Å². The highest BCUT2D eigenvalue weighted by Gasteiger charge is 2.50. The predicted octanol–water partition coefficient (Wildman–Crippen LogP) is 4.00. The van der Waals surface area contributed by atoms with Crippen LogP contribution in [0.5, 0.6) is 0 Å². The monoisotopic (exact) mass is 232 g/mol. The summed E-state index contributed by atoms with van der Waals surface area (Å²) in [7, 11) is 0. The van der Waals surface area contributed by atoms with Crippen molar-refractivity contribution in [2.45, 2.75) is 18.8 Å². The van der Waals surface area contributed by atoms with Gasteiger partial charge in [-0.05, 0) is 35.4 Å². The number of alkyl halides is 1. The molecule has 1 aromatic rings. The summed E-state index contributed by atoms with van der Waals surface area (Å²) in [6, 6.07) is 4.93. The van der Waals surface area contributed by atoms with E-state index >= 15 is 0 Å². The number of halogens is 3. The van der Waals surface area contributed by atoms with Gasteiger partial charge in [0.15, 0.2) is 0 Å². The molecule has 76 valence electrons. The van der Waals surface area contributed by atoms with Gasteiger partial charge in [-0.3, -0.25) is 0 Å². The summed E-state index contributed by atoms with van der Waals surface area (Å²) in [5, 5.41) is 0.198. The van der Waals surface area contributed by atoms with Crippen LogP contribution in [0.25, 0.3) is 0 Å². The molecule has 1 fully saturated rings. The molecular weight excluding hydrogens is 222 g/mol. The first kappa shape index (κ1) is 10.3. The van der Waals surface area contributed by atoms with Gasteiger partial charge in [-0.1, -0.05) is 24.6 Å². The zero-order chi connectivity index (χ0) is 10.3. The number of hydrogen-bond acceptors (Lipinski definition) is 0. The van der Waals surface area contributed by atoms with Gasteiger partial charge in [0.25, 0.3) is 0 Å². The Kier molecular flexibility index (Phi) is 2.48. The van der Waals surface area contributed by atoms with Crippen molar-refractivity contribution in [3.05, 3.63) is 34.6 Å². The maximum atomic E-state index is 12.9. The molecule has 14 heavy (non-hydrogen) atoms. The van der Waals surface area contributed by atoms with E-state index in [0.29, 0.717) is 11.8 Å². The topological polar surface area (TPSA) is 0 Å². The van der Waals surface area contributed by atoms with Crippen LogP contribution in [0.1, 0.15) is 18.9 Å². The van der Waals surface area contributed by atoms with Crippen LogP contribution in [0.4, 0.5) is 4.39 Å². The van der Waals surface area contributed by atoms with Gasteiger partial charge in [-0.25, -0.2) is 4.39 Å². The molecule has 0 spiro atoms. The van der Waals surface area contributed by atoms with Gasteiger partial charge in [0.2, 0.25) is 0 Å². The highest BCUT2D eigenvalue weighted by Crippen LogP contribution is 2.54. The van der Waals surface area contributed by atoms with Crippen molar-refractivity contribution in [3.63, 3.8) is 0 Å². The van der Waals surface area contributed by atoms with E-state index in [1.54, 1.807) is 12.1 Å². The van der Waals surface area contributed by atoms with Crippen molar-refractivity contribution in [1.29, 1.82) is 0 Å². The van der Waals surface area contributed by atoms with E-state index in [0.717, 1.165) is 12.0 Å². The fourth-order valence-corrected chi connectivity index (χ4v) is 2.51. The molecular formula is C11H11Cl2F. The molecule has 3 heteroatoms. The predicted molar refractivity (Wildman–Crippen MR) is 57.6 cm³/mol. The van der Waals surface area contributed by atoms with Crippen LogP contribution in [0.2, 0.25) is 5.02 Å². The van der Waals surface area contributed by atoms with Crippen LogP contribution in [0.3, 0.4) is 0 Å². The second-order valence-corrected chi connectivity index (χ2v) is 4.82. The molecule has 0 saturated heterocycles. The Bertz CT molecular complexity index is 364. The molecule has 2 rings (SSSR count). The van der Waals surface area contributed by atoms with E-state index in [2.05, 4.69) is 6.92 Å². The summed E-state index contributed by atoms with van der Waals surface area (Å²) in [5.74, 6) is 0.804. The average molecular weight is 233 g/mol.